The van der Waals surface area contributed by atoms with E-state index in [1.54, 1.807) is 19.2 Å². The number of carbonyl (C=O) groups is 2. The Morgan fingerprint density at radius 2 is 2.18 bits per heavy atom. The van der Waals surface area contributed by atoms with Crippen molar-refractivity contribution < 1.29 is 14.7 Å². The van der Waals surface area contributed by atoms with Crippen molar-refractivity contribution in [1.29, 1.82) is 0 Å². The van der Waals surface area contributed by atoms with E-state index >= 15 is 0 Å². The predicted molar refractivity (Wildman–Crippen MR) is 59.3 cm³/mol. The number of rotatable bonds is 5. The molecule has 0 spiro atoms. The molecule has 0 aliphatic rings. The van der Waals surface area contributed by atoms with Crippen LogP contribution >= 0.6 is 0 Å². The number of aromatic nitrogens is 2. The molecule has 0 unspecified atom stereocenters. The maximum atomic E-state index is 11.2. The molecule has 0 aromatic carbocycles. The van der Waals surface area contributed by atoms with Crippen LogP contribution in [0.1, 0.15) is 17.9 Å². The van der Waals surface area contributed by atoms with E-state index in [2.05, 4.69) is 20.6 Å². The summed E-state index contributed by atoms with van der Waals surface area (Å²) in [6.07, 6.45) is 1.52. The minimum atomic E-state index is -0.947. The molecule has 0 atom stereocenters. The third kappa shape index (κ3) is 5.45. The van der Waals surface area contributed by atoms with Gasteiger partial charge >= 0.3 is 12.0 Å². The molecule has 0 aliphatic carbocycles. The van der Waals surface area contributed by atoms with Crippen LogP contribution in [0.25, 0.3) is 0 Å². The molecule has 7 nitrogen and oxygen atoms in total. The van der Waals surface area contributed by atoms with Gasteiger partial charge in [-0.05, 0) is 13.0 Å². The molecule has 0 saturated heterocycles. The predicted octanol–water partition coefficient (Wildman–Crippen LogP) is 0.0589. The van der Waals surface area contributed by atoms with Gasteiger partial charge in [0, 0.05) is 12.7 Å². The van der Waals surface area contributed by atoms with Gasteiger partial charge in [0.05, 0.1) is 18.7 Å². The lowest BCUT2D eigenvalue weighted by atomic mass is 10.4. The van der Waals surface area contributed by atoms with E-state index in [4.69, 9.17) is 5.11 Å². The molecule has 0 saturated carbocycles. The molecular weight excluding hydrogens is 224 g/mol. The molecular formula is C10H14N4O3. The van der Waals surface area contributed by atoms with E-state index in [1.807, 2.05) is 0 Å². The first-order valence-electron chi connectivity index (χ1n) is 5.10. The van der Waals surface area contributed by atoms with E-state index in [9.17, 15) is 9.59 Å². The molecule has 7 heteroatoms. The van der Waals surface area contributed by atoms with Crippen LogP contribution in [0, 0.1) is 6.92 Å². The highest BCUT2D eigenvalue weighted by Gasteiger charge is 2.02. The van der Waals surface area contributed by atoms with Gasteiger partial charge in [0.25, 0.3) is 0 Å². The summed E-state index contributed by atoms with van der Waals surface area (Å²) >= 11 is 0. The van der Waals surface area contributed by atoms with E-state index in [1.165, 1.54) is 0 Å². The zero-order valence-electron chi connectivity index (χ0n) is 9.43. The lowest BCUT2D eigenvalue weighted by Gasteiger charge is -2.06. The maximum absolute atomic E-state index is 11.2. The van der Waals surface area contributed by atoms with Gasteiger partial charge in [0.2, 0.25) is 0 Å². The number of nitrogens with zero attached hydrogens (tertiary/aromatic N) is 2. The van der Waals surface area contributed by atoms with Gasteiger partial charge < -0.3 is 15.7 Å². The normalized spacial score (nSPS) is 9.71. The number of aliphatic carboxylic acids is 1. The molecule has 0 fully saturated rings. The lowest BCUT2D eigenvalue weighted by Crippen LogP contribution is -2.36. The van der Waals surface area contributed by atoms with Gasteiger partial charge in [-0.3, -0.25) is 4.79 Å². The van der Waals surface area contributed by atoms with Gasteiger partial charge in [-0.2, -0.15) is 0 Å². The highest BCUT2D eigenvalue weighted by molar-refractivity contribution is 5.74. The first-order chi connectivity index (χ1) is 8.08. The molecule has 0 aliphatic heterocycles. The van der Waals surface area contributed by atoms with Crippen molar-refractivity contribution in [2.75, 3.05) is 6.54 Å². The lowest BCUT2D eigenvalue weighted by molar-refractivity contribution is -0.136. The van der Waals surface area contributed by atoms with E-state index < -0.39 is 12.0 Å². The molecule has 1 rings (SSSR count). The number of urea groups is 1. The van der Waals surface area contributed by atoms with Crippen LogP contribution in [-0.4, -0.2) is 33.6 Å². The molecule has 2 amide bonds. The topological polar surface area (TPSA) is 104 Å². The number of aryl methyl sites for hydroxylation is 1. The third-order valence-electron chi connectivity index (χ3n) is 1.89. The Morgan fingerprint density at radius 3 is 2.82 bits per heavy atom. The molecule has 3 N–H and O–H groups in total. The monoisotopic (exact) mass is 238 g/mol. The van der Waals surface area contributed by atoms with Crippen molar-refractivity contribution in [3.63, 3.8) is 0 Å². The second kappa shape index (κ2) is 6.41. The third-order valence-corrected chi connectivity index (χ3v) is 1.89. The number of hydrogen-bond acceptors (Lipinski definition) is 4. The second-order valence-electron chi connectivity index (χ2n) is 3.35. The molecule has 17 heavy (non-hydrogen) atoms. The quantitative estimate of drug-likeness (QED) is 0.672. The number of amides is 2. The zero-order chi connectivity index (χ0) is 12.7. The summed E-state index contributed by atoms with van der Waals surface area (Å²) < 4.78 is 0. The fourth-order valence-electron chi connectivity index (χ4n) is 1.12. The van der Waals surface area contributed by atoms with E-state index in [0.717, 1.165) is 0 Å². The Labute approximate surface area is 98.3 Å². The fraction of sp³-hybridized carbons (Fsp3) is 0.400. The van der Waals surface area contributed by atoms with Crippen molar-refractivity contribution in [2.24, 2.45) is 0 Å². The standard InChI is InChI=1S/C10H14N4O3/c1-7-11-4-2-8(14-7)6-13-10(17)12-5-3-9(15)16/h2,4H,3,5-6H2,1H3,(H,15,16)(H2,12,13,17). The van der Waals surface area contributed by atoms with Crippen LogP contribution in [0.3, 0.4) is 0 Å². The first kappa shape index (κ1) is 12.9. The van der Waals surface area contributed by atoms with Crippen LogP contribution in [0.15, 0.2) is 12.3 Å². The van der Waals surface area contributed by atoms with Crippen molar-refractivity contribution in [3.05, 3.63) is 23.8 Å². The van der Waals surface area contributed by atoms with Gasteiger partial charge in [0.15, 0.2) is 0 Å². The molecule has 0 radical (unpaired) electrons. The molecule has 1 aromatic heterocycles. The van der Waals surface area contributed by atoms with Crippen molar-refractivity contribution in [1.82, 2.24) is 20.6 Å². The second-order valence-corrected chi connectivity index (χ2v) is 3.35. The Bertz CT molecular complexity index is 408. The fourth-order valence-corrected chi connectivity index (χ4v) is 1.12. The van der Waals surface area contributed by atoms with Crippen LogP contribution in [0.2, 0.25) is 0 Å². The summed E-state index contributed by atoms with van der Waals surface area (Å²) in [5.74, 6) is -0.313. The van der Waals surface area contributed by atoms with Crippen LogP contribution in [0.5, 0.6) is 0 Å². The van der Waals surface area contributed by atoms with Crippen molar-refractivity contribution in [2.45, 2.75) is 19.9 Å². The largest absolute Gasteiger partial charge is 0.481 e. The zero-order valence-corrected chi connectivity index (χ0v) is 9.43. The maximum Gasteiger partial charge on any atom is 0.315 e. The number of nitrogens with one attached hydrogen (secondary N) is 2. The molecule has 1 heterocycles. The average Bonchev–Trinajstić information content (AvgIpc) is 2.26. The highest BCUT2D eigenvalue weighted by Crippen LogP contribution is 1.93. The van der Waals surface area contributed by atoms with Crippen LogP contribution in [-0.2, 0) is 11.3 Å². The van der Waals surface area contributed by atoms with Gasteiger partial charge in [-0.15, -0.1) is 0 Å². The Hall–Kier alpha value is -2.18. The Morgan fingerprint density at radius 1 is 1.41 bits per heavy atom. The number of carboxylic acid groups (broad SMARTS) is 1. The number of carbonyl (C=O) groups excluding carboxylic acids is 1. The van der Waals surface area contributed by atoms with Gasteiger partial charge in [0.1, 0.15) is 5.82 Å². The van der Waals surface area contributed by atoms with Crippen LogP contribution < -0.4 is 10.6 Å². The minimum Gasteiger partial charge on any atom is -0.481 e. The molecule has 0 bridgehead atoms. The Kier molecular flexibility index (Phi) is 4.86. The highest BCUT2D eigenvalue weighted by atomic mass is 16.4. The smallest absolute Gasteiger partial charge is 0.315 e. The van der Waals surface area contributed by atoms with Crippen molar-refractivity contribution in [3.8, 4) is 0 Å². The van der Waals surface area contributed by atoms with E-state index in [-0.39, 0.29) is 19.5 Å². The van der Waals surface area contributed by atoms with Gasteiger partial charge in [-0.1, -0.05) is 0 Å². The summed E-state index contributed by atoms with van der Waals surface area (Å²) in [5.41, 5.74) is 0.700. The first-order valence-corrected chi connectivity index (χ1v) is 5.10. The average molecular weight is 238 g/mol. The van der Waals surface area contributed by atoms with Crippen molar-refractivity contribution >= 4 is 12.0 Å². The number of carboxylic acids is 1. The minimum absolute atomic E-state index is 0.0972. The molecule has 92 valence electrons. The molecule has 1 aromatic rings. The van der Waals surface area contributed by atoms with E-state index in [0.29, 0.717) is 11.5 Å². The SMILES string of the molecule is Cc1nccc(CNC(=O)NCCC(=O)O)n1. The summed E-state index contributed by atoms with van der Waals surface area (Å²) in [4.78, 5) is 29.5. The summed E-state index contributed by atoms with van der Waals surface area (Å²) in [6.45, 7) is 2.14. The summed E-state index contributed by atoms with van der Waals surface area (Å²) in [6, 6.07) is 1.28. The summed E-state index contributed by atoms with van der Waals surface area (Å²) in [5, 5.41) is 13.4. The summed E-state index contributed by atoms with van der Waals surface area (Å²) in [7, 11) is 0. The number of hydrogen-bond donors (Lipinski definition) is 3. The van der Waals surface area contributed by atoms with Crippen LogP contribution in [0.4, 0.5) is 4.79 Å². The Balaban J connectivity index is 2.26. The van der Waals surface area contributed by atoms with Gasteiger partial charge in [-0.25, -0.2) is 14.8 Å².